The number of furan rings is 1. The minimum atomic E-state index is -3.77. The first kappa shape index (κ1) is 16.4. The molecule has 0 fully saturated rings. The van der Waals surface area contributed by atoms with E-state index in [-0.39, 0.29) is 4.90 Å². The van der Waals surface area contributed by atoms with Crippen molar-refractivity contribution in [3.63, 3.8) is 0 Å². The van der Waals surface area contributed by atoms with Crippen molar-refractivity contribution < 1.29 is 12.8 Å². The maximum atomic E-state index is 13.6. The van der Waals surface area contributed by atoms with Crippen LogP contribution in [-0.2, 0) is 10.0 Å². The normalized spacial score (nSPS) is 12.4. The van der Waals surface area contributed by atoms with Gasteiger partial charge in [0.2, 0.25) is 0 Å². The van der Waals surface area contributed by atoms with Crippen molar-refractivity contribution in [3.05, 3.63) is 91.0 Å². The molecule has 0 unspecified atom stereocenters. The summed E-state index contributed by atoms with van der Waals surface area (Å²) in [6.07, 6.45) is 0. The molecule has 0 amide bonds. The van der Waals surface area contributed by atoms with Crippen molar-refractivity contribution in [2.45, 2.75) is 4.90 Å². The highest BCUT2D eigenvalue weighted by Gasteiger charge is 2.24. The van der Waals surface area contributed by atoms with E-state index in [4.69, 9.17) is 4.42 Å². The Morgan fingerprint density at radius 1 is 0.586 bits per heavy atom. The molecular formula is C24H15NO3S. The van der Waals surface area contributed by atoms with Crippen molar-refractivity contribution >= 4 is 53.8 Å². The molecule has 0 saturated heterocycles. The van der Waals surface area contributed by atoms with E-state index in [1.54, 1.807) is 24.3 Å². The van der Waals surface area contributed by atoms with Gasteiger partial charge in [-0.1, -0.05) is 54.6 Å². The Hall–Kier alpha value is -3.57. The zero-order valence-corrected chi connectivity index (χ0v) is 16.1. The predicted octanol–water partition coefficient (Wildman–Crippen LogP) is 5.93. The molecule has 0 aliphatic rings. The Labute approximate surface area is 166 Å². The second kappa shape index (κ2) is 5.72. The second-order valence-corrected chi connectivity index (χ2v) is 8.85. The molecule has 140 valence electrons. The molecule has 0 saturated carbocycles. The summed E-state index contributed by atoms with van der Waals surface area (Å²) in [5.41, 5.74) is 2.84. The van der Waals surface area contributed by atoms with Gasteiger partial charge in [-0.3, -0.25) is 0 Å². The van der Waals surface area contributed by atoms with Crippen LogP contribution in [0, 0.1) is 0 Å². The summed E-state index contributed by atoms with van der Waals surface area (Å²) in [5, 5.41) is 3.61. The van der Waals surface area contributed by atoms with Crippen molar-refractivity contribution in [3.8, 4) is 0 Å². The van der Waals surface area contributed by atoms with E-state index in [1.807, 2.05) is 66.7 Å². The lowest BCUT2D eigenvalue weighted by Crippen LogP contribution is -2.12. The zero-order valence-electron chi connectivity index (χ0n) is 15.2. The Morgan fingerprint density at radius 3 is 2.10 bits per heavy atom. The molecule has 2 aromatic heterocycles. The third kappa shape index (κ3) is 2.22. The SMILES string of the molecule is O=S(=O)(c1ccccc1)n1c2ccccc2c2cc3oc4ccccc4c3cc21. The van der Waals surface area contributed by atoms with Crippen LogP contribution in [0.1, 0.15) is 0 Å². The van der Waals surface area contributed by atoms with E-state index >= 15 is 0 Å². The average Bonchev–Trinajstić information content (AvgIpc) is 3.28. The number of rotatable bonds is 2. The standard InChI is InChI=1S/C24H15NO3S/c26-29(27,16-8-2-1-3-9-16)25-21-12-6-4-10-17(21)19-15-24-20(14-22(19)25)18-11-5-7-13-23(18)28-24/h1-15H. The lowest BCUT2D eigenvalue weighted by atomic mass is 10.1. The van der Waals surface area contributed by atoms with Crippen LogP contribution < -0.4 is 0 Å². The van der Waals surface area contributed by atoms with Gasteiger partial charge in [-0.05, 0) is 36.4 Å². The van der Waals surface area contributed by atoms with Crippen LogP contribution in [0.3, 0.4) is 0 Å². The molecule has 0 N–H and O–H groups in total. The van der Waals surface area contributed by atoms with Gasteiger partial charge < -0.3 is 4.42 Å². The van der Waals surface area contributed by atoms with Gasteiger partial charge in [0.1, 0.15) is 11.2 Å². The van der Waals surface area contributed by atoms with Gasteiger partial charge in [0.05, 0.1) is 15.9 Å². The van der Waals surface area contributed by atoms with Crippen LogP contribution in [0.5, 0.6) is 0 Å². The highest BCUT2D eigenvalue weighted by Crippen LogP contribution is 2.38. The van der Waals surface area contributed by atoms with E-state index in [0.717, 1.165) is 32.7 Å². The Bertz CT molecular complexity index is 1660. The van der Waals surface area contributed by atoms with Crippen LogP contribution >= 0.6 is 0 Å². The average molecular weight is 397 g/mol. The summed E-state index contributed by atoms with van der Waals surface area (Å²) in [5.74, 6) is 0. The molecule has 0 atom stereocenters. The number of nitrogens with zero attached hydrogens (tertiary/aromatic N) is 1. The first-order chi connectivity index (χ1) is 14.1. The van der Waals surface area contributed by atoms with Crippen molar-refractivity contribution in [2.75, 3.05) is 0 Å². The predicted molar refractivity (Wildman–Crippen MR) is 116 cm³/mol. The van der Waals surface area contributed by atoms with E-state index in [9.17, 15) is 8.42 Å². The molecule has 29 heavy (non-hydrogen) atoms. The number of aromatic nitrogens is 1. The number of hydrogen-bond acceptors (Lipinski definition) is 3. The number of para-hydroxylation sites is 2. The van der Waals surface area contributed by atoms with E-state index in [0.29, 0.717) is 11.0 Å². The fourth-order valence-electron chi connectivity index (χ4n) is 4.11. The summed E-state index contributed by atoms with van der Waals surface area (Å²) < 4.78 is 34.7. The number of hydrogen-bond donors (Lipinski definition) is 0. The van der Waals surface area contributed by atoms with E-state index in [2.05, 4.69) is 0 Å². The third-order valence-electron chi connectivity index (χ3n) is 5.41. The molecule has 6 rings (SSSR count). The minimum Gasteiger partial charge on any atom is -0.456 e. The van der Waals surface area contributed by atoms with E-state index < -0.39 is 10.0 Å². The van der Waals surface area contributed by atoms with Crippen molar-refractivity contribution in [2.24, 2.45) is 0 Å². The quantitative estimate of drug-likeness (QED) is 0.364. The van der Waals surface area contributed by atoms with Gasteiger partial charge >= 0.3 is 0 Å². The second-order valence-electron chi connectivity index (χ2n) is 7.06. The van der Waals surface area contributed by atoms with Crippen LogP contribution in [0.15, 0.2) is 100 Å². The summed E-state index contributed by atoms with van der Waals surface area (Å²) in [6.45, 7) is 0. The molecule has 4 nitrogen and oxygen atoms in total. The molecule has 0 radical (unpaired) electrons. The monoisotopic (exact) mass is 397 g/mol. The van der Waals surface area contributed by atoms with Gasteiger partial charge in [0.25, 0.3) is 10.0 Å². The Kier molecular flexibility index (Phi) is 3.23. The molecule has 0 aliphatic carbocycles. The van der Waals surface area contributed by atoms with E-state index in [1.165, 1.54) is 3.97 Å². The van der Waals surface area contributed by atoms with Crippen molar-refractivity contribution in [1.29, 1.82) is 0 Å². The van der Waals surface area contributed by atoms with Gasteiger partial charge in [-0.15, -0.1) is 0 Å². The first-order valence-corrected chi connectivity index (χ1v) is 10.7. The summed E-state index contributed by atoms with van der Waals surface area (Å²) in [4.78, 5) is 0.264. The fourth-order valence-corrected chi connectivity index (χ4v) is 5.65. The molecule has 4 aromatic carbocycles. The van der Waals surface area contributed by atoms with Crippen LogP contribution in [0.4, 0.5) is 0 Å². The number of fused-ring (bicyclic) bond motifs is 6. The lowest BCUT2D eigenvalue weighted by Gasteiger charge is -2.09. The Morgan fingerprint density at radius 2 is 1.28 bits per heavy atom. The van der Waals surface area contributed by atoms with Gasteiger partial charge in [-0.2, -0.15) is 0 Å². The van der Waals surface area contributed by atoms with Crippen molar-refractivity contribution in [1.82, 2.24) is 3.97 Å². The third-order valence-corrected chi connectivity index (χ3v) is 7.15. The largest absolute Gasteiger partial charge is 0.456 e. The van der Waals surface area contributed by atoms with Gasteiger partial charge in [0.15, 0.2) is 0 Å². The van der Waals surface area contributed by atoms with Crippen LogP contribution in [0.2, 0.25) is 0 Å². The molecule has 0 aliphatic heterocycles. The fraction of sp³-hybridized carbons (Fsp3) is 0. The highest BCUT2D eigenvalue weighted by molar-refractivity contribution is 7.90. The number of benzene rings is 4. The molecule has 0 bridgehead atoms. The molecule has 5 heteroatoms. The maximum absolute atomic E-state index is 13.6. The maximum Gasteiger partial charge on any atom is 0.268 e. The smallest absolute Gasteiger partial charge is 0.268 e. The Balaban J connectivity index is 1.82. The molecule has 6 aromatic rings. The molecular weight excluding hydrogens is 382 g/mol. The lowest BCUT2D eigenvalue weighted by molar-refractivity contribution is 0.590. The minimum absolute atomic E-state index is 0.264. The first-order valence-electron chi connectivity index (χ1n) is 9.30. The van der Waals surface area contributed by atoms with Crippen LogP contribution in [0.25, 0.3) is 43.7 Å². The topological polar surface area (TPSA) is 52.2 Å². The molecule has 0 spiro atoms. The van der Waals surface area contributed by atoms with Gasteiger partial charge in [0, 0.05) is 21.5 Å². The highest BCUT2D eigenvalue weighted by atomic mass is 32.2. The molecule has 2 heterocycles. The van der Waals surface area contributed by atoms with Crippen LogP contribution in [-0.4, -0.2) is 12.4 Å². The van der Waals surface area contributed by atoms with Gasteiger partial charge in [-0.25, -0.2) is 12.4 Å². The zero-order chi connectivity index (χ0) is 19.6. The summed E-state index contributed by atoms with van der Waals surface area (Å²) in [6, 6.07) is 27.8. The summed E-state index contributed by atoms with van der Waals surface area (Å²) in [7, 11) is -3.77. The summed E-state index contributed by atoms with van der Waals surface area (Å²) >= 11 is 0.